The number of anilines is 5. The Morgan fingerprint density at radius 2 is 0.422 bits per heavy atom. The maximum atomic E-state index is 3.54. The van der Waals surface area contributed by atoms with Gasteiger partial charge in [0.05, 0.1) is 10.8 Å². The molecule has 0 atom stereocenters. The van der Waals surface area contributed by atoms with Gasteiger partial charge in [0.2, 0.25) is 0 Å². The predicted molar refractivity (Wildman–Crippen MR) is 435 cm³/mol. The molecule has 0 heterocycles. The highest BCUT2D eigenvalue weighted by Crippen LogP contribution is 2.58. The van der Waals surface area contributed by atoms with Gasteiger partial charge in [0.1, 0.15) is 0 Å². The van der Waals surface area contributed by atoms with E-state index in [0.717, 1.165) is 32.9 Å². The van der Waals surface area contributed by atoms with E-state index in [1.807, 2.05) is 24.3 Å². The van der Waals surface area contributed by atoms with Gasteiger partial charge in [-0.1, -0.05) is 375 Å². The third-order valence-corrected chi connectivity index (χ3v) is 20.4. The third-order valence-electron chi connectivity index (χ3n) is 19.9. The number of halogens is 1. The van der Waals surface area contributed by atoms with Crippen LogP contribution < -0.4 is 10.2 Å². The second-order valence-electron chi connectivity index (χ2n) is 25.6. The van der Waals surface area contributed by atoms with Gasteiger partial charge in [-0.05, 0) is 184 Å². The van der Waals surface area contributed by atoms with E-state index in [1.54, 1.807) is 0 Å². The number of benzene rings is 16. The monoisotopic (exact) mass is 1370 g/mol. The van der Waals surface area contributed by atoms with E-state index >= 15 is 0 Å². The topological polar surface area (TPSA) is 15.3 Å². The summed E-state index contributed by atoms with van der Waals surface area (Å²) in [6.45, 7) is 0. The van der Waals surface area contributed by atoms with Crippen LogP contribution in [0.5, 0.6) is 0 Å². The Morgan fingerprint density at radius 3 is 0.765 bits per heavy atom. The van der Waals surface area contributed by atoms with E-state index in [9.17, 15) is 0 Å². The lowest BCUT2D eigenvalue weighted by Crippen LogP contribution is -2.28. The summed E-state index contributed by atoms with van der Waals surface area (Å²) >= 11 is 3.54. The van der Waals surface area contributed by atoms with Crippen LogP contribution in [0.4, 0.5) is 28.4 Å². The highest BCUT2D eigenvalue weighted by molar-refractivity contribution is 9.10. The lowest BCUT2D eigenvalue weighted by molar-refractivity contribution is 0.768. The molecule has 16 aromatic carbocycles. The largest absolute Gasteiger partial charge is 0.356 e. The lowest BCUT2D eigenvalue weighted by atomic mass is 9.67. The first-order valence-electron chi connectivity index (χ1n) is 34.6. The molecule has 2 nitrogen and oxygen atoms in total. The zero-order chi connectivity index (χ0) is 67.8. The van der Waals surface area contributed by atoms with Crippen molar-refractivity contribution in [3.63, 3.8) is 0 Å². The SMILES string of the molecule is Brc1ccc(-c2ccc(C3(c4ccccc4)c4ccccc4-c4ccccc43)cc2)cc1.C.c1ccc(-c2ccc(N(c3ccccc3)c3ccc(-c4ccc(C5(c6ccccc6)c6ccccc6-c6ccccc65)cc4)cc3)cc2)cc1.c1ccc(Nc2ccc(-c3ccccc3)cc2)cc1. The van der Waals surface area contributed by atoms with Crippen LogP contribution in [-0.2, 0) is 10.8 Å². The Hall–Kier alpha value is -12.4. The van der Waals surface area contributed by atoms with Crippen LogP contribution in [-0.4, -0.2) is 0 Å². The number of fused-ring (bicyclic) bond motifs is 6. The fourth-order valence-electron chi connectivity index (χ4n) is 15.2. The first-order valence-corrected chi connectivity index (χ1v) is 35.4. The molecule has 0 saturated carbocycles. The summed E-state index contributed by atoms with van der Waals surface area (Å²) in [5.74, 6) is 0. The summed E-state index contributed by atoms with van der Waals surface area (Å²) in [5.41, 5.74) is 30.4. The molecule has 0 spiro atoms. The summed E-state index contributed by atoms with van der Waals surface area (Å²) in [4.78, 5) is 2.32. The minimum absolute atomic E-state index is 0. The van der Waals surface area contributed by atoms with Gasteiger partial charge in [0, 0.05) is 32.9 Å². The van der Waals surface area contributed by atoms with Crippen molar-refractivity contribution < 1.29 is 0 Å². The Labute approximate surface area is 609 Å². The van der Waals surface area contributed by atoms with Crippen LogP contribution in [0, 0.1) is 0 Å². The number of hydrogen-bond donors (Lipinski definition) is 1. The molecule has 16 aromatic rings. The molecule has 18 rings (SSSR count). The van der Waals surface area contributed by atoms with E-state index in [1.165, 1.54) is 111 Å². The third kappa shape index (κ3) is 12.7. The van der Waals surface area contributed by atoms with Crippen LogP contribution in [0.25, 0.3) is 66.8 Å². The molecule has 0 amide bonds. The number of para-hydroxylation sites is 2. The molecule has 3 heteroatoms. The van der Waals surface area contributed by atoms with Gasteiger partial charge in [-0.25, -0.2) is 0 Å². The Bertz CT molecular complexity index is 5330. The molecule has 0 radical (unpaired) electrons. The number of nitrogens with one attached hydrogen (secondary N) is 1. The van der Waals surface area contributed by atoms with E-state index in [2.05, 4.69) is 427 Å². The Balaban J connectivity index is 0.000000138. The van der Waals surface area contributed by atoms with Crippen LogP contribution in [0.15, 0.2) is 429 Å². The van der Waals surface area contributed by atoms with Gasteiger partial charge < -0.3 is 10.2 Å². The average Bonchev–Trinajstić information content (AvgIpc) is 1.54. The molecule has 0 aliphatic heterocycles. The average molecular weight is 1370 g/mol. The van der Waals surface area contributed by atoms with Crippen molar-refractivity contribution >= 4 is 44.4 Å². The van der Waals surface area contributed by atoms with E-state index in [-0.39, 0.29) is 18.3 Å². The van der Waals surface area contributed by atoms with Crippen molar-refractivity contribution in [2.24, 2.45) is 0 Å². The standard InChI is InChI=1S/C49H35N.C31H21Br.C18H15N.CH4/c1-4-14-36(15-5-1)38-26-32-43(33-27-38)50(42-18-8-3-9-19-42)44-34-28-39(29-35-44)37-24-30-41(31-25-37)49(40-16-6-2-7-17-40)47-22-12-10-20-45(47)46-21-11-13-23-48(46)49;32-26-20-16-23(17-21-26)22-14-18-25(19-15-22)31(24-8-2-1-3-9-24)29-12-6-4-10-27(29)28-11-5-7-13-30(28)31;1-3-7-15(8-4-1)16-11-13-18(14-12-16)19-17-9-5-2-6-10-17;/h1-35H;1-21H;1-14,19H;1H4. The minimum Gasteiger partial charge on any atom is -0.356 e. The van der Waals surface area contributed by atoms with Crippen molar-refractivity contribution in [2.75, 3.05) is 10.2 Å². The Kier molecular flexibility index (Phi) is 19.0. The van der Waals surface area contributed by atoms with Crippen molar-refractivity contribution in [3.8, 4) is 66.8 Å². The summed E-state index contributed by atoms with van der Waals surface area (Å²) in [7, 11) is 0. The highest BCUT2D eigenvalue weighted by atomic mass is 79.9. The number of hydrogen-bond acceptors (Lipinski definition) is 2. The Morgan fingerprint density at radius 1 is 0.196 bits per heavy atom. The van der Waals surface area contributed by atoms with Crippen LogP contribution in [0.1, 0.15) is 51.9 Å². The number of rotatable bonds is 13. The normalized spacial score (nSPS) is 12.2. The van der Waals surface area contributed by atoms with E-state index < -0.39 is 0 Å². The molecule has 0 aromatic heterocycles. The molecule has 2 aliphatic rings. The first kappa shape index (κ1) is 65.5. The number of nitrogens with zero attached hydrogens (tertiary/aromatic N) is 1. The van der Waals surface area contributed by atoms with Gasteiger partial charge in [-0.15, -0.1) is 0 Å². The second kappa shape index (κ2) is 29.6. The maximum Gasteiger partial charge on any atom is 0.0713 e. The quantitative estimate of drug-likeness (QED) is 0.124. The smallest absolute Gasteiger partial charge is 0.0713 e. The summed E-state index contributed by atoms with van der Waals surface area (Å²) in [6, 6.07) is 152. The molecule has 0 unspecified atom stereocenters. The van der Waals surface area contributed by atoms with Gasteiger partial charge in [-0.3, -0.25) is 0 Å². The van der Waals surface area contributed by atoms with Crippen molar-refractivity contribution in [2.45, 2.75) is 18.3 Å². The van der Waals surface area contributed by atoms with Gasteiger partial charge in [0.15, 0.2) is 0 Å². The van der Waals surface area contributed by atoms with Crippen LogP contribution >= 0.6 is 15.9 Å². The van der Waals surface area contributed by atoms with E-state index in [4.69, 9.17) is 0 Å². The van der Waals surface area contributed by atoms with Crippen LogP contribution in [0.2, 0.25) is 0 Å². The molecule has 2 aliphatic carbocycles. The zero-order valence-corrected chi connectivity index (χ0v) is 57.3. The maximum absolute atomic E-state index is 3.54. The lowest BCUT2D eigenvalue weighted by Gasteiger charge is -2.34. The fourth-order valence-corrected chi connectivity index (χ4v) is 15.5. The molecule has 488 valence electrons. The molecule has 102 heavy (non-hydrogen) atoms. The minimum atomic E-state index is -0.386. The molecule has 0 fully saturated rings. The van der Waals surface area contributed by atoms with Gasteiger partial charge in [-0.2, -0.15) is 0 Å². The first-order chi connectivity index (χ1) is 50.0. The highest BCUT2D eigenvalue weighted by Gasteiger charge is 2.47. The molecular weight excluding hydrogens is 1300 g/mol. The predicted octanol–water partition coefficient (Wildman–Crippen LogP) is 27.1. The zero-order valence-electron chi connectivity index (χ0n) is 55.7. The van der Waals surface area contributed by atoms with Crippen molar-refractivity contribution in [1.29, 1.82) is 0 Å². The summed E-state index contributed by atoms with van der Waals surface area (Å²) in [6.07, 6.45) is 0. The van der Waals surface area contributed by atoms with Gasteiger partial charge in [0.25, 0.3) is 0 Å². The molecule has 1 N–H and O–H groups in total. The second-order valence-corrected chi connectivity index (χ2v) is 26.6. The molecule has 0 saturated heterocycles. The van der Waals surface area contributed by atoms with Crippen molar-refractivity contribution in [3.05, 3.63) is 474 Å². The molecule has 0 bridgehead atoms. The fraction of sp³-hybridized carbons (Fsp3) is 0.0303. The van der Waals surface area contributed by atoms with Crippen molar-refractivity contribution in [1.82, 2.24) is 0 Å². The van der Waals surface area contributed by atoms with E-state index in [0.29, 0.717) is 0 Å². The van der Waals surface area contributed by atoms with Crippen LogP contribution in [0.3, 0.4) is 0 Å². The summed E-state index contributed by atoms with van der Waals surface area (Å²) < 4.78 is 1.10. The summed E-state index contributed by atoms with van der Waals surface area (Å²) in [5, 5.41) is 3.38. The van der Waals surface area contributed by atoms with Gasteiger partial charge >= 0.3 is 0 Å². The molecular formula is C99H75BrN2.